The van der Waals surface area contributed by atoms with Crippen molar-refractivity contribution in [2.24, 2.45) is 35.5 Å². The first-order valence-corrected chi connectivity index (χ1v) is 11.2. The van der Waals surface area contributed by atoms with Gasteiger partial charge in [-0.25, -0.2) is 0 Å². The van der Waals surface area contributed by atoms with Crippen molar-refractivity contribution in [3.8, 4) is 0 Å². The molecule has 8 fully saturated rings. The molecule has 8 saturated carbocycles. The largest absolute Gasteiger partial charge is 0.310 e. The van der Waals surface area contributed by atoms with Gasteiger partial charge < -0.3 is 10.6 Å². The van der Waals surface area contributed by atoms with Crippen LogP contribution in [0, 0.1) is 35.5 Å². The van der Waals surface area contributed by atoms with Crippen molar-refractivity contribution in [2.75, 3.05) is 13.1 Å². The Labute approximate surface area is 147 Å². The van der Waals surface area contributed by atoms with Crippen LogP contribution < -0.4 is 10.6 Å². The summed E-state index contributed by atoms with van der Waals surface area (Å²) in [6.07, 6.45) is 18.4. The van der Waals surface area contributed by atoms with Crippen LogP contribution >= 0.6 is 0 Å². The minimum Gasteiger partial charge on any atom is -0.310 e. The second-order valence-electron chi connectivity index (χ2n) is 11.2. The van der Waals surface area contributed by atoms with E-state index in [4.69, 9.17) is 0 Å². The Balaban J connectivity index is 1.05. The van der Waals surface area contributed by atoms with E-state index in [0.717, 1.165) is 35.5 Å². The molecule has 134 valence electrons. The zero-order chi connectivity index (χ0) is 15.8. The summed E-state index contributed by atoms with van der Waals surface area (Å²) in [5.41, 5.74) is 1.11. The minimum atomic E-state index is 0.553. The van der Waals surface area contributed by atoms with Gasteiger partial charge in [-0.15, -0.1) is 0 Å². The van der Waals surface area contributed by atoms with E-state index in [2.05, 4.69) is 10.6 Å². The van der Waals surface area contributed by atoms with E-state index in [1.165, 1.54) is 51.6 Å². The van der Waals surface area contributed by atoms with Gasteiger partial charge in [0.05, 0.1) is 0 Å². The SMILES string of the molecule is C(CNC12CC3CC(CC(C3)C1)C2)NC12CC3CC(CC(C3)C1)C2. The van der Waals surface area contributed by atoms with Crippen LogP contribution in [0.15, 0.2) is 0 Å². The molecule has 0 saturated heterocycles. The molecule has 0 spiro atoms. The smallest absolute Gasteiger partial charge is 0.0190 e. The fourth-order valence-electron chi connectivity index (χ4n) is 9.31. The fraction of sp³-hybridized carbons (Fsp3) is 1.00. The second-order valence-corrected chi connectivity index (χ2v) is 11.2. The van der Waals surface area contributed by atoms with Gasteiger partial charge in [0.15, 0.2) is 0 Å². The van der Waals surface area contributed by atoms with Gasteiger partial charge in [0.2, 0.25) is 0 Å². The number of rotatable bonds is 5. The molecule has 0 aliphatic heterocycles. The third-order valence-corrected chi connectivity index (χ3v) is 9.20. The van der Waals surface area contributed by atoms with Gasteiger partial charge in [-0.3, -0.25) is 0 Å². The lowest BCUT2D eigenvalue weighted by Gasteiger charge is -2.58. The summed E-state index contributed by atoms with van der Waals surface area (Å²) in [5, 5.41) is 8.19. The fourth-order valence-corrected chi connectivity index (χ4v) is 9.31. The molecule has 8 aliphatic rings. The van der Waals surface area contributed by atoms with Crippen molar-refractivity contribution in [1.29, 1.82) is 0 Å². The Morgan fingerprint density at radius 1 is 0.458 bits per heavy atom. The number of hydrogen-bond acceptors (Lipinski definition) is 2. The molecule has 0 aromatic rings. The van der Waals surface area contributed by atoms with Crippen LogP contribution in [0.2, 0.25) is 0 Å². The summed E-state index contributed by atoms with van der Waals surface area (Å²) in [5.74, 6) is 6.42. The quantitative estimate of drug-likeness (QED) is 0.742. The van der Waals surface area contributed by atoms with E-state index in [9.17, 15) is 0 Å². The lowest BCUT2D eigenvalue weighted by atomic mass is 9.53. The molecule has 2 nitrogen and oxygen atoms in total. The topological polar surface area (TPSA) is 24.1 Å². The standard InChI is InChI=1S/C22H36N2/c1(23-21-9-15-3-16(10-21)5-17(4-15)11-21)2-24-22-12-18-6-19(13-22)8-20(7-18)14-22/h15-20,23-24H,1-14H2. The normalized spacial score (nSPS) is 57.0. The summed E-state index contributed by atoms with van der Waals surface area (Å²) >= 11 is 0. The molecule has 8 aliphatic carbocycles. The molecule has 2 heteroatoms. The lowest BCUT2D eigenvalue weighted by molar-refractivity contribution is -0.0266. The highest BCUT2D eigenvalue weighted by molar-refractivity contribution is 5.08. The third-order valence-electron chi connectivity index (χ3n) is 9.20. The molecule has 8 bridgehead atoms. The van der Waals surface area contributed by atoms with Gasteiger partial charge in [-0.1, -0.05) is 0 Å². The van der Waals surface area contributed by atoms with Crippen LogP contribution in [-0.2, 0) is 0 Å². The van der Waals surface area contributed by atoms with E-state index >= 15 is 0 Å². The van der Waals surface area contributed by atoms with Gasteiger partial charge in [0, 0.05) is 24.2 Å². The highest BCUT2D eigenvalue weighted by Gasteiger charge is 2.52. The zero-order valence-corrected chi connectivity index (χ0v) is 15.4. The molecule has 8 rings (SSSR count). The van der Waals surface area contributed by atoms with Crippen molar-refractivity contribution in [3.05, 3.63) is 0 Å². The van der Waals surface area contributed by atoms with Crippen LogP contribution in [0.25, 0.3) is 0 Å². The van der Waals surface area contributed by atoms with Gasteiger partial charge in [-0.05, 0) is 113 Å². The summed E-state index contributed by atoms with van der Waals surface area (Å²) < 4.78 is 0. The first-order chi connectivity index (χ1) is 11.7. The Hall–Kier alpha value is -0.0800. The minimum absolute atomic E-state index is 0.553. The number of nitrogens with one attached hydrogen (secondary N) is 2. The van der Waals surface area contributed by atoms with E-state index in [0.29, 0.717) is 11.1 Å². The van der Waals surface area contributed by atoms with Gasteiger partial charge in [0.1, 0.15) is 0 Å². The van der Waals surface area contributed by atoms with E-state index in [1.54, 1.807) is 38.5 Å². The van der Waals surface area contributed by atoms with E-state index in [1.807, 2.05) is 0 Å². The molecule has 0 aromatic heterocycles. The average Bonchev–Trinajstić information content (AvgIpc) is 2.49. The molecule has 0 amide bonds. The molecular weight excluding hydrogens is 292 g/mol. The zero-order valence-electron chi connectivity index (χ0n) is 15.4. The molecule has 2 N–H and O–H groups in total. The summed E-state index contributed by atoms with van der Waals surface area (Å²) in [7, 11) is 0. The predicted molar refractivity (Wildman–Crippen MR) is 97.8 cm³/mol. The van der Waals surface area contributed by atoms with Crippen molar-refractivity contribution in [3.63, 3.8) is 0 Å². The maximum absolute atomic E-state index is 4.10. The first kappa shape index (κ1) is 15.0. The maximum atomic E-state index is 4.10. The monoisotopic (exact) mass is 328 g/mol. The lowest BCUT2D eigenvalue weighted by Crippen LogP contribution is -2.61. The Morgan fingerprint density at radius 2 is 0.708 bits per heavy atom. The Morgan fingerprint density at radius 3 is 0.958 bits per heavy atom. The van der Waals surface area contributed by atoms with Crippen LogP contribution in [0.5, 0.6) is 0 Å². The van der Waals surface area contributed by atoms with Crippen molar-refractivity contribution < 1.29 is 0 Å². The van der Waals surface area contributed by atoms with Crippen molar-refractivity contribution in [2.45, 2.75) is 88.1 Å². The molecule has 0 radical (unpaired) electrons. The number of hydrogen-bond donors (Lipinski definition) is 2. The maximum Gasteiger partial charge on any atom is 0.0190 e. The average molecular weight is 329 g/mol. The van der Waals surface area contributed by atoms with Crippen LogP contribution in [0.4, 0.5) is 0 Å². The third kappa shape index (κ3) is 2.42. The molecule has 0 aromatic carbocycles. The second kappa shape index (κ2) is 5.22. The van der Waals surface area contributed by atoms with Crippen molar-refractivity contribution in [1.82, 2.24) is 10.6 Å². The summed E-state index contributed by atoms with van der Waals surface area (Å²) in [6, 6.07) is 0. The molecule has 24 heavy (non-hydrogen) atoms. The van der Waals surface area contributed by atoms with Crippen LogP contribution in [0.1, 0.15) is 77.0 Å². The van der Waals surface area contributed by atoms with Crippen molar-refractivity contribution >= 4 is 0 Å². The van der Waals surface area contributed by atoms with Gasteiger partial charge >= 0.3 is 0 Å². The first-order valence-electron chi connectivity index (χ1n) is 11.2. The highest BCUT2D eigenvalue weighted by atomic mass is 15.1. The Bertz CT molecular complexity index is 394. The molecule has 0 unspecified atom stereocenters. The summed E-state index contributed by atoms with van der Waals surface area (Å²) in [6.45, 7) is 2.43. The van der Waals surface area contributed by atoms with Gasteiger partial charge in [-0.2, -0.15) is 0 Å². The van der Waals surface area contributed by atoms with Gasteiger partial charge in [0.25, 0.3) is 0 Å². The van der Waals surface area contributed by atoms with E-state index < -0.39 is 0 Å². The predicted octanol–water partition coefficient (Wildman–Crippen LogP) is 4.10. The highest BCUT2D eigenvalue weighted by Crippen LogP contribution is 2.56. The van der Waals surface area contributed by atoms with E-state index in [-0.39, 0.29) is 0 Å². The Kier molecular flexibility index (Phi) is 3.27. The van der Waals surface area contributed by atoms with Crippen LogP contribution in [-0.4, -0.2) is 24.2 Å². The molecular formula is C22H36N2. The summed E-state index contributed by atoms with van der Waals surface area (Å²) in [4.78, 5) is 0. The molecule has 0 heterocycles. The molecule has 0 atom stereocenters. The van der Waals surface area contributed by atoms with Crippen LogP contribution in [0.3, 0.4) is 0 Å².